The molecule has 0 amide bonds. The van der Waals surface area contributed by atoms with Gasteiger partial charge >= 0.3 is 5.97 Å². The molecule has 86 valence electrons. The highest BCUT2D eigenvalue weighted by Crippen LogP contribution is 2.19. The van der Waals surface area contributed by atoms with Crippen molar-refractivity contribution in [2.75, 3.05) is 5.73 Å². The molecule has 0 spiro atoms. The topological polar surface area (TPSA) is 106 Å². The van der Waals surface area contributed by atoms with Crippen molar-refractivity contribution in [1.29, 1.82) is 0 Å². The zero-order chi connectivity index (χ0) is 15.8. The van der Waals surface area contributed by atoms with Crippen molar-refractivity contribution >= 4 is 29.0 Å². The van der Waals surface area contributed by atoms with Crippen molar-refractivity contribution < 1.29 is 20.2 Å². The number of carbonyl (C=O) groups excluding carboxylic acids is 1. The Kier molecular flexibility index (Phi) is 2.37. The standard InChI is InChI=1S/C10H11ClN2O3/c11-5-1-2-6(7(12)3-5)9(14)4-8(13)10(15)16/h1-3,8H,4,12-13H2,(H,15,16)/t8-/m0/s1/i1D,2D,3D,8D. The number of nitrogens with two attached hydrogens (primary N) is 2. The molecular formula is C10H11ClN2O3. The first-order chi connectivity index (χ1) is 9.00. The third kappa shape index (κ3) is 2.95. The Morgan fingerprint density at radius 1 is 1.62 bits per heavy atom. The molecule has 0 radical (unpaired) electrons. The molecule has 5 N–H and O–H groups in total. The number of benzene rings is 1. The number of aliphatic carboxylic acids is 1. The minimum atomic E-state index is -2.58. The summed E-state index contributed by atoms with van der Waals surface area (Å²) in [5.41, 5.74) is 9.67. The van der Waals surface area contributed by atoms with E-state index in [1.54, 1.807) is 0 Å². The Labute approximate surface area is 103 Å². The Hall–Kier alpha value is -1.59. The van der Waals surface area contributed by atoms with Crippen LogP contribution in [-0.2, 0) is 4.79 Å². The molecule has 1 aromatic rings. The van der Waals surface area contributed by atoms with Crippen LogP contribution in [-0.4, -0.2) is 22.9 Å². The lowest BCUT2D eigenvalue weighted by Crippen LogP contribution is -2.32. The Balaban J connectivity index is 3.35. The van der Waals surface area contributed by atoms with Crippen molar-refractivity contribution in [3.8, 4) is 0 Å². The number of carboxylic acid groups (broad SMARTS) is 1. The van der Waals surface area contributed by atoms with Gasteiger partial charge in [-0.05, 0) is 18.1 Å². The van der Waals surface area contributed by atoms with Crippen molar-refractivity contribution in [2.45, 2.75) is 12.4 Å². The average Bonchev–Trinajstić information content (AvgIpc) is 2.33. The van der Waals surface area contributed by atoms with Crippen LogP contribution < -0.4 is 11.5 Å². The molecule has 1 atom stereocenters. The summed E-state index contributed by atoms with van der Waals surface area (Å²) < 4.78 is 29.9. The Morgan fingerprint density at radius 2 is 2.25 bits per heavy atom. The number of carbonyl (C=O) groups is 2. The van der Waals surface area contributed by atoms with Gasteiger partial charge in [0.2, 0.25) is 0 Å². The summed E-state index contributed by atoms with van der Waals surface area (Å²) in [5, 5.41) is 8.31. The first-order valence-electron chi connectivity index (χ1n) is 6.11. The highest BCUT2D eigenvalue weighted by Gasteiger charge is 2.18. The minimum absolute atomic E-state index is 0.382. The fourth-order valence-electron chi connectivity index (χ4n) is 0.954. The molecule has 16 heavy (non-hydrogen) atoms. The van der Waals surface area contributed by atoms with Crippen molar-refractivity contribution in [1.82, 2.24) is 0 Å². The third-order valence-electron chi connectivity index (χ3n) is 1.72. The molecule has 0 bridgehead atoms. The second-order valence-corrected chi connectivity index (χ2v) is 3.29. The van der Waals surface area contributed by atoms with E-state index in [1.165, 1.54) is 0 Å². The molecule has 1 rings (SSSR count). The molecule has 0 saturated heterocycles. The van der Waals surface area contributed by atoms with Crippen molar-refractivity contribution in [3.63, 3.8) is 0 Å². The van der Waals surface area contributed by atoms with Crippen LogP contribution in [0.1, 0.15) is 22.3 Å². The van der Waals surface area contributed by atoms with E-state index in [0.29, 0.717) is 0 Å². The number of carboxylic acids is 1. The molecule has 0 saturated carbocycles. The van der Waals surface area contributed by atoms with E-state index >= 15 is 0 Å². The van der Waals surface area contributed by atoms with Gasteiger partial charge in [-0.15, -0.1) is 0 Å². The molecule has 0 aliphatic heterocycles. The number of hydrogen-bond acceptors (Lipinski definition) is 4. The summed E-state index contributed by atoms with van der Waals surface area (Å²) in [4.78, 5) is 22.7. The van der Waals surface area contributed by atoms with Crippen LogP contribution in [0.5, 0.6) is 0 Å². The van der Waals surface area contributed by atoms with E-state index in [0.717, 1.165) is 0 Å². The normalized spacial score (nSPS) is 17.6. The number of hydrogen-bond donors (Lipinski definition) is 3. The van der Waals surface area contributed by atoms with Crippen LogP contribution in [0, 0.1) is 0 Å². The molecule has 0 aliphatic rings. The lowest BCUT2D eigenvalue weighted by Gasteiger charge is -2.07. The third-order valence-corrected chi connectivity index (χ3v) is 1.90. The second-order valence-electron chi connectivity index (χ2n) is 2.91. The molecule has 0 fully saturated rings. The fraction of sp³-hybridized carbons (Fsp3) is 0.200. The number of nitrogen functional groups attached to an aromatic ring is 1. The average molecular weight is 247 g/mol. The Bertz CT molecular complexity index is 578. The summed E-state index contributed by atoms with van der Waals surface area (Å²) in [5.74, 6) is -2.73. The van der Waals surface area contributed by atoms with Gasteiger partial charge in [0.25, 0.3) is 0 Å². The van der Waals surface area contributed by atoms with Gasteiger partial charge in [0.05, 0.1) is 5.48 Å². The van der Waals surface area contributed by atoms with Crippen LogP contribution in [0.25, 0.3) is 0 Å². The molecule has 0 aliphatic carbocycles. The number of ketones is 1. The van der Waals surface area contributed by atoms with Crippen LogP contribution >= 0.6 is 11.6 Å². The van der Waals surface area contributed by atoms with Gasteiger partial charge < -0.3 is 16.6 Å². The van der Waals surface area contributed by atoms with Crippen LogP contribution in [0.3, 0.4) is 0 Å². The van der Waals surface area contributed by atoms with E-state index in [1.807, 2.05) is 0 Å². The zero-order valence-electron chi connectivity index (χ0n) is 12.0. The second kappa shape index (κ2) is 4.96. The van der Waals surface area contributed by atoms with E-state index in [9.17, 15) is 9.59 Å². The van der Waals surface area contributed by atoms with Crippen LogP contribution in [0.4, 0.5) is 5.69 Å². The summed E-state index contributed by atoms with van der Waals surface area (Å²) >= 11 is 5.61. The first kappa shape index (κ1) is 7.65. The predicted molar refractivity (Wildman–Crippen MR) is 60.4 cm³/mol. The lowest BCUT2D eigenvalue weighted by atomic mass is 10.0. The smallest absolute Gasteiger partial charge is 0.320 e. The molecule has 0 heterocycles. The summed E-state index contributed by atoms with van der Waals surface area (Å²) in [6.45, 7) is 0. The van der Waals surface area contributed by atoms with E-state index < -0.39 is 53.6 Å². The summed E-state index contributed by atoms with van der Waals surface area (Å²) in [6.07, 6.45) is -0.946. The molecule has 0 aromatic heterocycles. The van der Waals surface area contributed by atoms with Gasteiger partial charge in [0.1, 0.15) is 6.02 Å². The SMILES string of the molecule is [2H]c1c([2H])c(C(=O)C[C@]([2H])(N)C(=O)O)c(N)c([2H])c1Cl. The molecule has 0 unspecified atom stereocenters. The fourth-order valence-corrected chi connectivity index (χ4v) is 1.10. The molecule has 5 nitrogen and oxygen atoms in total. The zero-order valence-corrected chi connectivity index (χ0v) is 8.76. The van der Waals surface area contributed by atoms with Gasteiger partial charge in [-0.2, -0.15) is 0 Å². The lowest BCUT2D eigenvalue weighted by molar-refractivity contribution is -0.138. The maximum atomic E-state index is 11.9. The first-order valence-corrected chi connectivity index (χ1v) is 4.48. The highest BCUT2D eigenvalue weighted by atomic mass is 35.5. The maximum absolute atomic E-state index is 11.9. The summed E-state index contributed by atoms with van der Waals surface area (Å²) in [6, 6.07) is -4.29. The number of anilines is 1. The largest absolute Gasteiger partial charge is 0.480 e. The molecule has 1 aromatic carbocycles. The van der Waals surface area contributed by atoms with Gasteiger partial charge in [-0.3, -0.25) is 9.59 Å². The molecule has 6 heteroatoms. The summed E-state index contributed by atoms with van der Waals surface area (Å²) in [7, 11) is 0. The van der Waals surface area contributed by atoms with Gasteiger partial charge in [0, 0.05) is 22.7 Å². The molecular weight excluding hydrogens is 232 g/mol. The maximum Gasteiger partial charge on any atom is 0.320 e. The van der Waals surface area contributed by atoms with Gasteiger partial charge in [0.15, 0.2) is 5.78 Å². The number of rotatable bonds is 4. The van der Waals surface area contributed by atoms with Crippen LogP contribution in [0.2, 0.25) is 5.02 Å². The Morgan fingerprint density at radius 3 is 2.81 bits per heavy atom. The van der Waals surface area contributed by atoms with Gasteiger partial charge in [-0.25, -0.2) is 0 Å². The monoisotopic (exact) mass is 246 g/mol. The quantitative estimate of drug-likeness (QED) is 0.541. The van der Waals surface area contributed by atoms with E-state index in [-0.39, 0.29) is 5.02 Å². The number of halogens is 1. The predicted octanol–water partition coefficient (Wildman–Crippen LogP) is 0.907. The van der Waals surface area contributed by atoms with Crippen molar-refractivity contribution in [2.24, 2.45) is 5.73 Å². The van der Waals surface area contributed by atoms with E-state index in [4.69, 9.17) is 33.7 Å². The minimum Gasteiger partial charge on any atom is -0.480 e. The van der Waals surface area contributed by atoms with Crippen molar-refractivity contribution in [3.05, 3.63) is 28.7 Å². The highest BCUT2D eigenvalue weighted by molar-refractivity contribution is 6.31. The van der Waals surface area contributed by atoms with Gasteiger partial charge in [-0.1, -0.05) is 11.6 Å². The van der Waals surface area contributed by atoms with E-state index in [2.05, 4.69) is 0 Å². The number of Topliss-reactive ketones (excluding diaryl/α,β-unsaturated/α-hetero) is 1. The van der Waals surface area contributed by atoms with Crippen LogP contribution in [0.15, 0.2) is 18.1 Å².